The highest BCUT2D eigenvalue weighted by atomic mass is 16.6. The molecular weight excluding hydrogens is 270 g/mol. The molecule has 1 N–H and O–H groups in total. The Kier molecular flexibility index (Phi) is 3.65. The molecule has 1 saturated heterocycles. The van der Waals surface area contributed by atoms with Crippen molar-refractivity contribution in [2.45, 2.75) is 23.9 Å². The molecule has 112 valence electrons. The maximum atomic E-state index is 11.5. The van der Waals surface area contributed by atoms with Crippen molar-refractivity contribution in [2.75, 3.05) is 33.4 Å². The van der Waals surface area contributed by atoms with Crippen LogP contribution in [0.2, 0.25) is 0 Å². The van der Waals surface area contributed by atoms with Gasteiger partial charge in [0.05, 0.1) is 33.2 Å². The summed E-state index contributed by atoms with van der Waals surface area (Å²) in [5, 5.41) is 32.0. The van der Waals surface area contributed by atoms with Gasteiger partial charge in [-0.2, -0.15) is 0 Å². The van der Waals surface area contributed by atoms with Crippen molar-refractivity contribution in [3.05, 3.63) is 32.1 Å². The Morgan fingerprint density at radius 2 is 2.10 bits per heavy atom. The highest BCUT2D eigenvalue weighted by Gasteiger charge is 2.66. The van der Waals surface area contributed by atoms with E-state index in [2.05, 4.69) is 0 Å². The number of fused-ring (bicyclic) bond motifs is 2. The number of nitrogens with zero attached hydrogens (tertiary/aromatic N) is 3. The number of nitro groups is 2. The number of β-amino-alcohol motifs (C(OH)–C–C–N with tert-alkyl or cyclic N) is 1. The number of methoxy groups -OCH3 is 1. The molecule has 0 unspecified atom stereocenters. The fraction of sp³-hybridized carbons (Fsp3) is 0.818. The number of rotatable bonds is 5. The molecule has 0 aromatic carbocycles. The first-order valence-corrected chi connectivity index (χ1v) is 6.27. The van der Waals surface area contributed by atoms with Gasteiger partial charge in [-0.15, -0.1) is 0 Å². The third-order valence-corrected chi connectivity index (χ3v) is 4.12. The fourth-order valence-electron chi connectivity index (χ4n) is 3.25. The zero-order valence-electron chi connectivity index (χ0n) is 11.2. The SMILES string of the molecule is COC1=CC[C@]2([N+](=O)[O-])CN(CCO)C[C@@]1([N+](=O)[O-])C2. The van der Waals surface area contributed by atoms with Gasteiger partial charge in [0.15, 0.2) is 5.76 Å². The van der Waals surface area contributed by atoms with E-state index in [0.29, 0.717) is 0 Å². The number of aliphatic hydroxyl groups excluding tert-OH is 1. The van der Waals surface area contributed by atoms with Crippen LogP contribution in [0.25, 0.3) is 0 Å². The smallest absolute Gasteiger partial charge is 0.296 e. The molecule has 9 heteroatoms. The van der Waals surface area contributed by atoms with E-state index in [1.807, 2.05) is 0 Å². The van der Waals surface area contributed by atoms with E-state index in [9.17, 15) is 20.2 Å². The minimum Gasteiger partial charge on any atom is -0.494 e. The van der Waals surface area contributed by atoms with E-state index in [0.717, 1.165) is 0 Å². The number of hydrogen-bond donors (Lipinski definition) is 1. The summed E-state index contributed by atoms with van der Waals surface area (Å²) in [4.78, 5) is 23.6. The molecule has 0 aromatic rings. The molecule has 9 nitrogen and oxygen atoms in total. The standard InChI is InChI=1S/C11H17N3O6/c1-20-9-2-3-10(13(16)17)6-11(9,14(18)19)8-12(7-10)4-5-15/h2,15H,3-8H2,1H3/t10-,11+/m1/s1. The number of likely N-dealkylation sites (tertiary alicyclic amines) is 1. The molecule has 0 spiro atoms. The van der Waals surface area contributed by atoms with Gasteiger partial charge >= 0.3 is 0 Å². The van der Waals surface area contributed by atoms with Crippen LogP contribution in [-0.2, 0) is 4.74 Å². The van der Waals surface area contributed by atoms with Crippen LogP contribution in [0.15, 0.2) is 11.8 Å². The summed E-state index contributed by atoms with van der Waals surface area (Å²) in [5.41, 5.74) is -2.99. The van der Waals surface area contributed by atoms with E-state index in [1.165, 1.54) is 13.2 Å². The Balaban J connectivity index is 2.49. The van der Waals surface area contributed by atoms with E-state index < -0.39 is 20.9 Å². The van der Waals surface area contributed by atoms with Crippen molar-refractivity contribution in [1.29, 1.82) is 0 Å². The van der Waals surface area contributed by atoms with Crippen LogP contribution < -0.4 is 0 Å². The van der Waals surface area contributed by atoms with Gasteiger partial charge < -0.3 is 9.84 Å². The molecule has 1 aliphatic heterocycles. The highest BCUT2D eigenvalue weighted by Crippen LogP contribution is 2.44. The summed E-state index contributed by atoms with van der Waals surface area (Å²) in [6.45, 7) is 0.0786. The first kappa shape index (κ1) is 14.7. The molecule has 2 bridgehead atoms. The number of piperidine rings is 1. The average Bonchev–Trinajstić information content (AvgIpc) is 2.38. The normalized spacial score (nSPS) is 33.4. The molecule has 1 fully saturated rings. The topological polar surface area (TPSA) is 119 Å². The maximum absolute atomic E-state index is 11.5. The van der Waals surface area contributed by atoms with Crippen LogP contribution >= 0.6 is 0 Å². The van der Waals surface area contributed by atoms with Crippen molar-refractivity contribution in [2.24, 2.45) is 0 Å². The average molecular weight is 287 g/mol. The Morgan fingerprint density at radius 3 is 2.60 bits per heavy atom. The lowest BCUT2D eigenvalue weighted by Crippen LogP contribution is -2.67. The minimum atomic E-state index is -1.60. The minimum absolute atomic E-state index is 0.00975. The lowest BCUT2D eigenvalue weighted by Gasteiger charge is -2.45. The first-order valence-electron chi connectivity index (χ1n) is 6.27. The molecule has 0 aromatic heterocycles. The van der Waals surface area contributed by atoms with Crippen LogP contribution in [0.3, 0.4) is 0 Å². The van der Waals surface area contributed by atoms with Crippen molar-refractivity contribution >= 4 is 0 Å². The Labute approximate surface area is 115 Å². The molecular formula is C11H17N3O6. The van der Waals surface area contributed by atoms with Gasteiger partial charge in [-0.25, -0.2) is 0 Å². The molecule has 0 saturated carbocycles. The van der Waals surface area contributed by atoms with Gasteiger partial charge in [-0.05, 0) is 6.08 Å². The first-order chi connectivity index (χ1) is 9.40. The van der Waals surface area contributed by atoms with E-state index in [-0.39, 0.29) is 44.8 Å². The summed E-state index contributed by atoms with van der Waals surface area (Å²) in [7, 11) is 1.33. The number of hydrogen-bond acceptors (Lipinski definition) is 7. The lowest BCUT2D eigenvalue weighted by molar-refractivity contribution is -0.624. The van der Waals surface area contributed by atoms with Gasteiger partial charge in [0.25, 0.3) is 5.54 Å². The van der Waals surface area contributed by atoms with Crippen molar-refractivity contribution in [1.82, 2.24) is 4.90 Å². The second kappa shape index (κ2) is 4.98. The number of aliphatic hydroxyl groups is 1. The Hall–Kier alpha value is -1.74. The summed E-state index contributed by atoms with van der Waals surface area (Å²) < 4.78 is 5.10. The van der Waals surface area contributed by atoms with E-state index in [1.54, 1.807) is 4.90 Å². The summed E-state index contributed by atoms with van der Waals surface area (Å²) in [6.07, 6.45) is 1.38. The van der Waals surface area contributed by atoms with Gasteiger partial charge in [-0.1, -0.05) is 0 Å². The van der Waals surface area contributed by atoms with E-state index in [4.69, 9.17) is 9.84 Å². The van der Waals surface area contributed by atoms with Crippen LogP contribution in [0.4, 0.5) is 0 Å². The Morgan fingerprint density at radius 1 is 1.40 bits per heavy atom. The molecule has 1 aliphatic carbocycles. The summed E-state index contributed by atoms with van der Waals surface area (Å²) in [6, 6.07) is 0. The largest absolute Gasteiger partial charge is 0.494 e. The highest BCUT2D eigenvalue weighted by molar-refractivity contribution is 5.23. The molecule has 2 atom stereocenters. The van der Waals surface area contributed by atoms with Gasteiger partial charge in [0.1, 0.15) is 0 Å². The van der Waals surface area contributed by atoms with Crippen LogP contribution in [0.5, 0.6) is 0 Å². The van der Waals surface area contributed by atoms with Gasteiger partial charge in [0, 0.05) is 22.8 Å². The molecule has 1 heterocycles. The second-order valence-corrected chi connectivity index (χ2v) is 5.36. The van der Waals surface area contributed by atoms with Crippen molar-refractivity contribution in [3.63, 3.8) is 0 Å². The van der Waals surface area contributed by atoms with Crippen LogP contribution in [0, 0.1) is 20.2 Å². The van der Waals surface area contributed by atoms with Crippen molar-refractivity contribution in [3.8, 4) is 0 Å². The van der Waals surface area contributed by atoms with Gasteiger partial charge in [-0.3, -0.25) is 25.1 Å². The monoisotopic (exact) mass is 287 g/mol. The molecule has 0 radical (unpaired) electrons. The van der Waals surface area contributed by atoms with E-state index >= 15 is 0 Å². The lowest BCUT2D eigenvalue weighted by atomic mass is 9.71. The molecule has 0 amide bonds. The van der Waals surface area contributed by atoms with Crippen molar-refractivity contribution < 1.29 is 19.7 Å². The Bertz CT molecular complexity index is 467. The molecule has 20 heavy (non-hydrogen) atoms. The third kappa shape index (κ3) is 2.02. The van der Waals surface area contributed by atoms with Crippen LogP contribution in [-0.4, -0.2) is 64.3 Å². The molecule has 2 rings (SSSR count). The summed E-state index contributed by atoms with van der Waals surface area (Å²) >= 11 is 0. The zero-order valence-corrected chi connectivity index (χ0v) is 11.2. The van der Waals surface area contributed by atoms with Crippen LogP contribution in [0.1, 0.15) is 12.8 Å². The third-order valence-electron chi connectivity index (χ3n) is 4.12. The predicted molar refractivity (Wildman–Crippen MR) is 67.3 cm³/mol. The predicted octanol–water partition coefficient (Wildman–Crippen LogP) is -0.351. The fourth-order valence-corrected chi connectivity index (χ4v) is 3.25. The number of ether oxygens (including phenoxy) is 1. The summed E-state index contributed by atoms with van der Waals surface area (Å²) in [5.74, 6) is 0.169. The quantitative estimate of drug-likeness (QED) is 0.542. The second-order valence-electron chi connectivity index (χ2n) is 5.36. The maximum Gasteiger partial charge on any atom is 0.296 e. The molecule has 2 aliphatic rings. The zero-order chi connectivity index (χ0) is 15.0. The van der Waals surface area contributed by atoms with Gasteiger partial charge in [0.2, 0.25) is 5.54 Å².